The minimum Gasteiger partial charge on any atom is -0.390 e. The Morgan fingerprint density at radius 3 is 1.55 bits per heavy atom. The van der Waals surface area contributed by atoms with Crippen LogP contribution in [0, 0.1) is 25.5 Å². The van der Waals surface area contributed by atoms with Gasteiger partial charge in [-0.2, -0.15) is 0 Å². The topological polar surface area (TPSA) is 89.0 Å². The molecule has 7 nitrogen and oxygen atoms in total. The molecule has 0 atom stereocenters. The molecule has 0 amide bonds. The number of hydrogen-bond donors (Lipinski definition) is 1. The summed E-state index contributed by atoms with van der Waals surface area (Å²) in [7, 11) is 0. The van der Waals surface area contributed by atoms with Crippen LogP contribution in [0.5, 0.6) is 0 Å². The Morgan fingerprint density at radius 1 is 0.690 bits per heavy atom. The molecule has 0 fully saturated rings. The summed E-state index contributed by atoms with van der Waals surface area (Å²) < 4.78 is 29.8. The Labute approximate surface area is 244 Å². The van der Waals surface area contributed by atoms with E-state index in [0.717, 1.165) is 11.4 Å². The van der Waals surface area contributed by atoms with E-state index in [-0.39, 0.29) is 34.9 Å². The predicted octanol–water partition coefficient (Wildman–Crippen LogP) is 5.85. The Hall–Kier alpha value is -4.73. The van der Waals surface area contributed by atoms with Gasteiger partial charge in [-0.25, -0.2) is 18.7 Å². The van der Waals surface area contributed by atoms with Gasteiger partial charge in [0, 0.05) is 11.4 Å². The number of halogens is 3. The second-order valence-corrected chi connectivity index (χ2v) is 9.78. The zero-order valence-corrected chi connectivity index (χ0v) is 23.4. The summed E-state index contributed by atoms with van der Waals surface area (Å²) >= 11 is 5.93. The van der Waals surface area contributed by atoms with E-state index >= 15 is 0 Å². The molecule has 0 aliphatic carbocycles. The summed E-state index contributed by atoms with van der Waals surface area (Å²) in [6.07, 6.45) is 0. The van der Waals surface area contributed by atoms with Crippen molar-refractivity contribution in [2.45, 2.75) is 26.3 Å². The highest BCUT2D eigenvalue weighted by Crippen LogP contribution is 2.23. The molecular weight excluding hydrogens is 562 g/mol. The van der Waals surface area contributed by atoms with Crippen LogP contribution in [0.3, 0.4) is 0 Å². The molecular formula is C32H25ClF2N4O3. The maximum atomic E-state index is 13.5. The molecule has 0 aliphatic rings. The lowest BCUT2D eigenvalue weighted by Gasteiger charge is -2.11. The highest BCUT2D eigenvalue weighted by Gasteiger charge is 2.17. The zero-order chi connectivity index (χ0) is 30.0. The van der Waals surface area contributed by atoms with Crippen molar-refractivity contribution in [1.29, 1.82) is 0 Å². The van der Waals surface area contributed by atoms with Gasteiger partial charge in [-0.15, -0.1) is 11.6 Å². The third kappa shape index (κ3) is 5.44. The van der Waals surface area contributed by atoms with E-state index in [1.807, 2.05) is 19.1 Å². The molecule has 0 bridgehead atoms. The number of pyridine rings is 2. The highest BCUT2D eigenvalue weighted by atomic mass is 35.5. The summed E-state index contributed by atoms with van der Waals surface area (Å²) in [5, 5.41) is 9.50. The van der Waals surface area contributed by atoms with Crippen LogP contribution in [0.4, 0.5) is 8.78 Å². The fraction of sp³-hybridized carbons (Fsp3) is 0.125. The molecule has 4 aromatic heterocycles. The first-order valence-electron chi connectivity index (χ1n) is 12.9. The molecule has 10 heteroatoms. The van der Waals surface area contributed by atoms with E-state index in [2.05, 4.69) is 9.97 Å². The van der Waals surface area contributed by atoms with Gasteiger partial charge in [0.05, 0.1) is 35.0 Å². The van der Waals surface area contributed by atoms with E-state index in [9.17, 15) is 23.5 Å². The van der Waals surface area contributed by atoms with Crippen LogP contribution in [0.25, 0.3) is 33.5 Å². The fourth-order valence-electron chi connectivity index (χ4n) is 4.85. The first-order chi connectivity index (χ1) is 20.2. The number of nitrogens with zero attached hydrogens (tertiary/aromatic N) is 4. The molecule has 42 heavy (non-hydrogen) atoms. The minimum atomic E-state index is -0.439. The number of benzene rings is 2. The van der Waals surface area contributed by atoms with Crippen molar-refractivity contribution in [1.82, 2.24) is 18.8 Å². The molecule has 2 aromatic carbocycles. The van der Waals surface area contributed by atoms with Crippen LogP contribution < -0.4 is 11.1 Å². The molecule has 0 radical (unpaired) electrons. The van der Waals surface area contributed by atoms with E-state index in [1.165, 1.54) is 39.1 Å². The summed E-state index contributed by atoms with van der Waals surface area (Å²) in [6.45, 7) is 3.24. The van der Waals surface area contributed by atoms with E-state index in [1.54, 1.807) is 49.4 Å². The summed E-state index contributed by atoms with van der Waals surface area (Å²) in [5.74, 6) is -0.751. The second-order valence-electron chi connectivity index (χ2n) is 9.51. The van der Waals surface area contributed by atoms with Gasteiger partial charge in [0.2, 0.25) is 0 Å². The van der Waals surface area contributed by atoms with Crippen molar-refractivity contribution in [2.75, 3.05) is 0 Å². The average molecular weight is 587 g/mol. The van der Waals surface area contributed by atoms with Crippen molar-refractivity contribution in [2.24, 2.45) is 0 Å². The number of aliphatic hydroxyl groups excluding tert-OH is 1. The molecule has 0 unspecified atom stereocenters. The average Bonchev–Trinajstić information content (AvgIpc) is 2.97. The van der Waals surface area contributed by atoms with Crippen molar-refractivity contribution in [3.05, 3.63) is 140 Å². The van der Waals surface area contributed by atoms with Crippen molar-refractivity contribution in [3.8, 4) is 22.3 Å². The number of fused-ring (bicyclic) bond motifs is 2. The van der Waals surface area contributed by atoms with Crippen molar-refractivity contribution in [3.63, 3.8) is 0 Å². The van der Waals surface area contributed by atoms with Crippen molar-refractivity contribution < 1.29 is 13.9 Å². The van der Waals surface area contributed by atoms with Gasteiger partial charge in [-0.3, -0.25) is 18.4 Å². The second kappa shape index (κ2) is 12.0. The van der Waals surface area contributed by atoms with Crippen LogP contribution >= 0.6 is 11.6 Å². The maximum absolute atomic E-state index is 13.5. The largest absolute Gasteiger partial charge is 0.390 e. The molecule has 0 saturated carbocycles. The van der Waals surface area contributed by atoms with Gasteiger partial charge < -0.3 is 5.11 Å². The SMILES string of the molecule is Cc1cccc2nc(CCl)c(-c3cccc(F)c3)c(=O)n12.Cc1cccc2nc(CO)c(-c3cccc(F)c3)c(=O)n12. The van der Waals surface area contributed by atoms with Gasteiger partial charge in [0.15, 0.2) is 0 Å². The van der Waals surface area contributed by atoms with Crippen LogP contribution in [-0.2, 0) is 12.5 Å². The molecule has 0 aliphatic heterocycles. The highest BCUT2D eigenvalue weighted by molar-refractivity contribution is 6.17. The fourth-order valence-corrected chi connectivity index (χ4v) is 5.04. The van der Waals surface area contributed by atoms with Gasteiger partial charge in [0.25, 0.3) is 11.1 Å². The minimum absolute atomic E-state index is 0.0888. The Morgan fingerprint density at radius 2 is 1.12 bits per heavy atom. The quantitative estimate of drug-likeness (QED) is 0.262. The molecule has 6 rings (SSSR count). The third-order valence-electron chi connectivity index (χ3n) is 6.74. The number of alkyl halides is 1. The number of rotatable bonds is 4. The summed E-state index contributed by atoms with van der Waals surface area (Å²) in [6, 6.07) is 22.3. The summed E-state index contributed by atoms with van der Waals surface area (Å²) in [5.41, 5.74) is 4.12. The number of aryl methyl sites for hydroxylation is 2. The molecule has 0 spiro atoms. The van der Waals surface area contributed by atoms with Crippen LogP contribution in [0.15, 0.2) is 94.5 Å². The Balaban J connectivity index is 0.000000168. The van der Waals surface area contributed by atoms with Gasteiger partial charge in [-0.05, 0) is 73.5 Å². The molecule has 1 N–H and O–H groups in total. The smallest absolute Gasteiger partial charge is 0.266 e. The van der Waals surface area contributed by atoms with E-state index in [4.69, 9.17) is 11.6 Å². The first kappa shape index (κ1) is 28.8. The first-order valence-corrected chi connectivity index (χ1v) is 13.5. The van der Waals surface area contributed by atoms with Gasteiger partial charge in [0.1, 0.15) is 22.9 Å². The van der Waals surface area contributed by atoms with Gasteiger partial charge in [-0.1, -0.05) is 36.4 Å². The lowest BCUT2D eigenvalue weighted by Crippen LogP contribution is -2.21. The zero-order valence-electron chi connectivity index (χ0n) is 22.7. The Kier molecular flexibility index (Phi) is 8.24. The number of aliphatic hydroxyl groups is 1. The standard InChI is InChI=1S/C16H12ClFN2O.C16H13FN2O2/c1-10-4-2-7-14-19-13(9-17)15(16(21)20(10)14)11-5-3-6-12(18)8-11;1-10-4-2-7-14-18-13(9-20)15(16(21)19(10)14)11-5-3-6-12(17)8-11/h2-8H,9H2,1H3;2-8,20H,9H2,1H3. The Bertz CT molecular complexity index is 1930. The van der Waals surface area contributed by atoms with Crippen LogP contribution in [0.2, 0.25) is 0 Å². The van der Waals surface area contributed by atoms with Crippen LogP contribution in [0.1, 0.15) is 22.8 Å². The molecule has 6 aromatic rings. The lowest BCUT2D eigenvalue weighted by molar-refractivity contribution is 0.277. The monoisotopic (exact) mass is 586 g/mol. The molecule has 4 heterocycles. The number of hydrogen-bond acceptors (Lipinski definition) is 5. The predicted molar refractivity (Wildman–Crippen MR) is 159 cm³/mol. The van der Waals surface area contributed by atoms with E-state index in [0.29, 0.717) is 33.7 Å². The molecule has 212 valence electrons. The van der Waals surface area contributed by atoms with E-state index < -0.39 is 11.6 Å². The number of aromatic nitrogens is 4. The van der Waals surface area contributed by atoms with Crippen molar-refractivity contribution >= 4 is 22.9 Å². The molecule has 0 saturated heterocycles. The lowest BCUT2D eigenvalue weighted by atomic mass is 10.1. The maximum Gasteiger partial charge on any atom is 0.266 e. The third-order valence-corrected chi connectivity index (χ3v) is 7.00. The normalized spacial score (nSPS) is 11.0. The van der Waals surface area contributed by atoms with Crippen LogP contribution in [-0.4, -0.2) is 23.9 Å². The summed E-state index contributed by atoms with van der Waals surface area (Å²) in [4.78, 5) is 34.3. The van der Waals surface area contributed by atoms with Gasteiger partial charge >= 0.3 is 0 Å².